The lowest BCUT2D eigenvalue weighted by molar-refractivity contribution is 1.55. The van der Waals surface area contributed by atoms with Gasteiger partial charge in [-0.3, -0.25) is 0 Å². The van der Waals surface area contributed by atoms with Crippen molar-refractivity contribution in [2.75, 3.05) is 0 Å². The first-order valence-corrected chi connectivity index (χ1v) is 13.4. The Morgan fingerprint density at radius 3 is 1.72 bits per heavy atom. The van der Waals surface area contributed by atoms with E-state index in [0.29, 0.717) is 0 Å². The molecule has 181 valence electrons. The third-order valence-corrected chi connectivity index (χ3v) is 7.92. The molecular formula is C38H24N. The maximum Gasteiger partial charge on any atom is 0.0471 e. The van der Waals surface area contributed by atoms with Crippen LogP contribution in [0, 0.1) is 6.07 Å². The number of hydrogen-bond donors (Lipinski definition) is 1. The summed E-state index contributed by atoms with van der Waals surface area (Å²) in [7, 11) is 0. The van der Waals surface area contributed by atoms with Gasteiger partial charge >= 0.3 is 0 Å². The Labute approximate surface area is 227 Å². The number of nitrogens with one attached hydrogen (secondary N) is 1. The Morgan fingerprint density at radius 1 is 0.385 bits per heavy atom. The van der Waals surface area contributed by atoms with Crippen LogP contribution in [-0.4, -0.2) is 4.98 Å². The molecule has 1 heteroatoms. The van der Waals surface area contributed by atoms with E-state index < -0.39 is 0 Å². The fourth-order valence-electron chi connectivity index (χ4n) is 6.32. The van der Waals surface area contributed by atoms with Crippen LogP contribution in [0.4, 0.5) is 0 Å². The quantitative estimate of drug-likeness (QED) is 0.235. The topological polar surface area (TPSA) is 15.8 Å². The summed E-state index contributed by atoms with van der Waals surface area (Å²) in [6.07, 6.45) is 0. The summed E-state index contributed by atoms with van der Waals surface area (Å²) >= 11 is 0. The monoisotopic (exact) mass is 494 g/mol. The molecule has 1 aromatic heterocycles. The largest absolute Gasteiger partial charge is 0.354 e. The van der Waals surface area contributed by atoms with E-state index >= 15 is 0 Å². The number of rotatable bonds is 3. The Kier molecular flexibility index (Phi) is 4.89. The van der Waals surface area contributed by atoms with Crippen molar-refractivity contribution in [1.29, 1.82) is 0 Å². The summed E-state index contributed by atoms with van der Waals surface area (Å²) in [6, 6.07) is 53.5. The molecule has 1 radical (unpaired) electrons. The van der Waals surface area contributed by atoms with Crippen molar-refractivity contribution in [3.63, 3.8) is 0 Å². The van der Waals surface area contributed by atoms with E-state index in [2.05, 4.69) is 151 Å². The first kappa shape index (κ1) is 21.9. The fraction of sp³-hybridized carbons (Fsp3) is 0. The third kappa shape index (κ3) is 3.34. The number of fused-ring (bicyclic) bond motifs is 5. The Morgan fingerprint density at radius 2 is 0.974 bits per heavy atom. The molecule has 0 fully saturated rings. The zero-order valence-electron chi connectivity index (χ0n) is 21.3. The molecule has 0 bridgehead atoms. The lowest BCUT2D eigenvalue weighted by atomic mass is 9.82. The molecule has 0 amide bonds. The van der Waals surface area contributed by atoms with Crippen molar-refractivity contribution in [1.82, 2.24) is 4.98 Å². The van der Waals surface area contributed by atoms with Crippen LogP contribution in [0.1, 0.15) is 0 Å². The number of aromatic nitrogens is 1. The number of hydrogen-bond acceptors (Lipinski definition) is 0. The highest BCUT2D eigenvalue weighted by Gasteiger charge is 2.21. The van der Waals surface area contributed by atoms with E-state index in [1.54, 1.807) is 0 Å². The van der Waals surface area contributed by atoms with Gasteiger partial charge in [-0.25, -0.2) is 0 Å². The van der Waals surface area contributed by atoms with Crippen molar-refractivity contribution < 1.29 is 0 Å². The molecule has 0 unspecified atom stereocenters. The van der Waals surface area contributed by atoms with Gasteiger partial charge in [-0.15, -0.1) is 0 Å². The highest BCUT2D eigenvalue weighted by atomic mass is 14.7. The molecule has 8 aromatic rings. The molecule has 8 rings (SSSR count). The van der Waals surface area contributed by atoms with Gasteiger partial charge in [-0.05, 0) is 85.3 Å². The van der Waals surface area contributed by atoms with Crippen molar-refractivity contribution in [2.45, 2.75) is 0 Å². The minimum Gasteiger partial charge on any atom is -0.354 e. The first-order chi connectivity index (χ1) is 19.4. The Balaban J connectivity index is 1.62. The summed E-state index contributed by atoms with van der Waals surface area (Å²) in [5, 5.41) is 7.48. The van der Waals surface area contributed by atoms with Gasteiger partial charge in [-0.1, -0.05) is 115 Å². The normalized spacial score (nSPS) is 11.6. The number of para-hydroxylation sites is 1. The second-order valence-electron chi connectivity index (χ2n) is 10.1. The average Bonchev–Trinajstić information content (AvgIpc) is 3.39. The average molecular weight is 495 g/mol. The van der Waals surface area contributed by atoms with Crippen molar-refractivity contribution in [3.8, 4) is 33.4 Å². The lowest BCUT2D eigenvalue weighted by Gasteiger charge is -2.20. The van der Waals surface area contributed by atoms with Crippen LogP contribution in [0.3, 0.4) is 0 Å². The van der Waals surface area contributed by atoms with Crippen LogP contribution in [0.5, 0.6) is 0 Å². The van der Waals surface area contributed by atoms with Crippen LogP contribution in [0.15, 0.2) is 140 Å². The van der Waals surface area contributed by atoms with Crippen molar-refractivity contribution in [2.24, 2.45) is 0 Å². The molecule has 0 aliphatic carbocycles. The van der Waals surface area contributed by atoms with Gasteiger partial charge in [-0.2, -0.15) is 0 Å². The van der Waals surface area contributed by atoms with E-state index in [-0.39, 0.29) is 0 Å². The molecule has 0 aliphatic heterocycles. The Bertz CT molecular complexity index is 2150. The molecule has 1 heterocycles. The SMILES string of the molecule is [c]1cc(-c2cccc3[nH]c4ccccc4c23)c2c(-c3ccccc3)c3ccccc3c(-c3ccccc3)c2c1. The van der Waals surface area contributed by atoms with Crippen LogP contribution in [0.25, 0.3) is 76.7 Å². The maximum atomic E-state index is 3.64. The molecular weight excluding hydrogens is 470 g/mol. The third-order valence-electron chi connectivity index (χ3n) is 7.92. The van der Waals surface area contributed by atoms with Crippen molar-refractivity contribution in [3.05, 3.63) is 146 Å². The van der Waals surface area contributed by atoms with Crippen LogP contribution in [0.2, 0.25) is 0 Å². The van der Waals surface area contributed by atoms with Crippen LogP contribution >= 0.6 is 0 Å². The van der Waals surface area contributed by atoms with Gasteiger partial charge in [0.25, 0.3) is 0 Å². The molecule has 0 atom stereocenters. The molecule has 0 aliphatic rings. The van der Waals surface area contributed by atoms with E-state index in [1.807, 2.05) is 0 Å². The molecule has 1 nitrogen and oxygen atoms in total. The molecule has 7 aromatic carbocycles. The second kappa shape index (κ2) is 8.72. The summed E-state index contributed by atoms with van der Waals surface area (Å²) in [4.78, 5) is 3.64. The minimum absolute atomic E-state index is 1.15. The summed E-state index contributed by atoms with van der Waals surface area (Å²) in [6.45, 7) is 0. The van der Waals surface area contributed by atoms with E-state index in [4.69, 9.17) is 0 Å². The maximum absolute atomic E-state index is 3.64. The van der Waals surface area contributed by atoms with E-state index in [9.17, 15) is 0 Å². The van der Waals surface area contributed by atoms with E-state index in [0.717, 1.165) is 11.0 Å². The second-order valence-corrected chi connectivity index (χ2v) is 10.1. The Hall–Kier alpha value is -5.14. The highest BCUT2D eigenvalue weighted by molar-refractivity contribution is 6.26. The molecule has 39 heavy (non-hydrogen) atoms. The molecule has 1 N–H and O–H groups in total. The molecule has 0 saturated carbocycles. The number of benzene rings is 7. The summed E-state index contributed by atoms with van der Waals surface area (Å²) < 4.78 is 0. The zero-order chi connectivity index (χ0) is 25.8. The van der Waals surface area contributed by atoms with Gasteiger partial charge in [0, 0.05) is 21.8 Å². The predicted molar refractivity (Wildman–Crippen MR) is 166 cm³/mol. The highest BCUT2D eigenvalue weighted by Crippen LogP contribution is 2.48. The van der Waals surface area contributed by atoms with Gasteiger partial charge in [0.1, 0.15) is 0 Å². The van der Waals surface area contributed by atoms with Crippen LogP contribution < -0.4 is 0 Å². The van der Waals surface area contributed by atoms with E-state index in [1.165, 1.54) is 65.7 Å². The van der Waals surface area contributed by atoms with Gasteiger partial charge in [0.05, 0.1) is 0 Å². The first-order valence-electron chi connectivity index (χ1n) is 13.4. The smallest absolute Gasteiger partial charge is 0.0471 e. The number of aromatic amines is 1. The number of H-pyrrole nitrogens is 1. The summed E-state index contributed by atoms with van der Waals surface area (Å²) in [5.74, 6) is 0. The minimum atomic E-state index is 1.15. The molecule has 0 saturated heterocycles. The van der Waals surface area contributed by atoms with Crippen molar-refractivity contribution >= 4 is 43.4 Å². The molecule has 0 spiro atoms. The lowest BCUT2D eigenvalue weighted by Crippen LogP contribution is -1.93. The zero-order valence-corrected chi connectivity index (χ0v) is 21.3. The standard InChI is InChI=1S/C38H24N/c1-3-13-25(14-4-1)35-27-17-7-8-18-28(27)36(26-15-5-2-6-16-26)38-30(20-11-22-32(35)38)29-21-12-24-34-37(29)31-19-9-10-23-33(31)39-34/h1-10,12-24,39H. The van der Waals surface area contributed by atoms with Gasteiger partial charge in [0.2, 0.25) is 0 Å². The van der Waals surface area contributed by atoms with Gasteiger partial charge < -0.3 is 4.98 Å². The summed E-state index contributed by atoms with van der Waals surface area (Å²) in [5.41, 5.74) is 9.68. The predicted octanol–water partition coefficient (Wildman–Crippen LogP) is 10.4. The fourth-order valence-corrected chi connectivity index (χ4v) is 6.32. The van der Waals surface area contributed by atoms with Crippen LogP contribution in [-0.2, 0) is 0 Å². The van der Waals surface area contributed by atoms with Gasteiger partial charge in [0.15, 0.2) is 0 Å².